The Kier molecular flexibility index (Phi) is 7.15. The van der Waals surface area contributed by atoms with Gasteiger partial charge in [0, 0.05) is 6.20 Å². The molecule has 0 radical (unpaired) electrons. The van der Waals surface area contributed by atoms with Crippen LogP contribution in [0.3, 0.4) is 0 Å². The zero-order valence-electron chi connectivity index (χ0n) is 16.1. The van der Waals surface area contributed by atoms with E-state index in [0.717, 1.165) is 0 Å². The number of hydrogen-bond donors (Lipinski definition) is 7. The Morgan fingerprint density at radius 3 is 2.32 bits per heavy atom. The predicted molar refractivity (Wildman–Crippen MR) is 101 cm³/mol. The van der Waals surface area contributed by atoms with Crippen LogP contribution in [0.2, 0.25) is 0 Å². The van der Waals surface area contributed by atoms with Crippen LogP contribution in [0.5, 0.6) is 0 Å². The van der Waals surface area contributed by atoms with Crippen LogP contribution in [-0.2, 0) is 31.6 Å². The van der Waals surface area contributed by atoms with Crippen LogP contribution < -0.4 is 5.73 Å². The molecule has 6 atom stereocenters. The fourth-order valence-corrected chi connectivity index (χ4v) is 5.97. The molecular formula is C12H22N3O13P3. The number of phosphoric acid groups is 3. The zero-order valence-corrected chi connectivity index (χ0v) is 18.8. The van der Waals surface area contributed by atoms with Gasteiger partial charge >= 0.3 is 23.5 Å². The van der Waals surface area contributed by atoms with Crippen LogP contribution in [0.4, 0.5) is 0 Å². The average molecular weight is 509 g/mol. The van der Waals surface area contributed by atoms with E-state index in [9.17, 15) is 33.7 Å². The minimum absolute atomic E-state index is 0.0506. The highest BCUT2D eigenvalue weighted by molar-refractivity contribution is 7.66. The molecule has 0 aromatic heterocycles. The second-order valence-corrected chi connectivity index (χ2v) is 11.4. The van der Waals surface area contributed by atoms with Gasteiger partial charge in [0.1, 0.15) is 29.0 Å². The number of aliphatic imine (C=N–C) groups is 1. The molecule has 0 spiro atoms. The molecule has 0 aromatic rings. The van der Waals surface area contributed by atoms with Crippen molar-refractivity contribution in [1.29, 1.82) is 0 Å². The Bertz CT molecular complexity index is 945. The van der Waals surface area contributed by atoms with Crippen LogP contribution in [0.25, 0.3) is 0 Å². The van der Waals surface area contributed by atoms with Crippen LogP contribution in [-0.4, -0.2) is 70.7 Å². The van der Waals surface area contributed by atoms with Crippen LogP contribution >= 0.6 is 23.5 Å². The van der Waals surface area contributed by atoms with Crippen molar-refractivity contribution in [1.82, 2.24) is 4.90 Å². The van der Waals surface area contributed by atoms with Gasteiger partial charge in [-0.25, -0.2) is 18.7 Å². The second kappa shape index (κ2) is 8.43. The summed E-state index contributed by atoms with van der Waals surface area (Å²) in [6.45, 7) is 5.04. The maximum absolute atomic E-state index is 11.9. The number of hydrogen-bond acceptors (Lipinski definition) is 12. The van der Waals surface area contributed by atoms with E-state index in [-0.39, 0.29) is 11.7 Å². The maximum Gasteiger partial charge on any atom is 0.490 e. The molecule has 2 heterocycles. The van der Waals surface area contributed by atoms with Crippen LogP contribution in [0.1, 0.15) is 13.8 Å². The van der Waals surface area contributed by atoms with Gasteiger partial charge in [0.05, 0.1) is 6.61 Å². The van der Waals surface area contributed by atoms with E-state index < -0.39 is 53.6 Å². The van der Waals surface area contributed by atoms with Crippen LogP contribution in [0, 0.1) is 0 Å². The third-order valence-electron chi connectivity index (χ3n) is 4.16. The van der Waals surface area contributed by atoms with E-state index in [2.05, 4.69) is 24.7 Å². The van der Waals surface area contributed by atoms with Gasteiger partial charge in [0.25, 0.3) is 0 Å². The molecule has 2 aliphatic heterocycles. The molecule has 0 aliphatic carbocycles. The van der Waals surface area contributed by atoms with Crippen molar-refractivity contribution in [2.45, 2.75) is 37.4 Å². The monoisotopic (exact) mass is 509 g/mol. The number of amidine groups is 1. The summed E-state index contributed by atoms with van der Waals surface area (Å²) in [5.41, 5.74) is 1.65. The van der Waals surface area contributed by atoms with Crippen LogP contribution in [0.15, 0.2) is 29.7 Å². The summed E-state index contributed by atoms with van der Waals surface area (Å²) in [7, 11) is -16.7. The van der Waals surface area contributed by atoms with E-state index >= 15 is 0 Å². The molecule has 2 aliphatic rings. The summed E-state index contributed by atoms with van der Waals surface area (Å²) in [5.74, 6) is 0.171. The molecule has 1 fully saturated rings. The molecule has 31 heavy (non-hydrogen) atoms. The molecule has 8 N–H and O–H groups in total. The number of phosphoric ester groups is 1. The Hall–Kier alpha value is -0.960. The number of aliphatic hydroxyl groups is 2. The number of nitrogens with zero attached hydrogens (tertiary/aromatic N) is 2. The first-order valence-corrected chi connectivity index (χ1v) is 12.7. The molecule has 19 heteroatoms. The van der Waals surface area contributed by atoms with E-state index in [4.69, 9.17) is 20.3 Å². The van der Waals surface area contributed by atoms with Gasteiger partial charge < -0.3 is 45.2 Å². The van der Waals surface area contributed by atoms with Gasteiger partial charge in [-0.2, -0.15) is 8.62 Å². The molecule has 0 amide bonds. The third kappa shape index (κ3) is 6.30. The first kappa shape index (κ1) is 26.3. The van der Waals surface area contributed by atoms with Gasteiger partial charge in [-0.3, -0.25) is 4.52 Å². The van der Waals surface area contributed by atoms with Crippen molar-refractivity contribution in [3.63, 3.8) is 0 Å². The number of rotatable bonds is 8. The molecule has 0 aromatic carbocycles. The molecular weight excluding hydrogens is 487 g/mol. The van der Waals surface area contributed by atoms with Gasteiger partial charge in [-0.15, -0.1) is 0 Å². The lowest BCUT2D eigenvalue weighted by Crippen LogP contribution is -2.53. The van der Waals surface area contributed by atoms with Crippen molar-refractivity contribution in [2.75, 3.05) is 6.61 Å². The van der Waals surface area contributed by atoms with Crippen molar-refractivity contribution >= 4 is 29.3 Å². The molecule has 2 rings (SSSR count). The minimum atomic E-state index is -5.72. The molecule has 0 saturated carbocycles. The van der Waals surface area contributed by atoms with Crippen molar-refractivity contribution in [2.24, 2.45) is 10.7 Å². The summed E-state index contributed by atoms with van der Waals surface area (Å²) in [4.78, 5) is 41.0. The van der Waals surface area contributed by atoms with E-state index in [1.165, 1.54) is 31.0 Å². The number of ether oxygens (including phenoxy) is 1. The molecule has 2 unspecified atom stereocenters. The summed E-state index contributed by atoms with van der Waals surface area (Å²) >= 11 is 0. The summed E-state index contributed by atoms with van der Waals surface area (Å²) in [6, 6.07) is 0. The highest BCUT2D eigenvalue weighted by atomic mass is 31.3. The quantitative estimate of drug-likeness (QED) is 0.198. The maximum atomic E-state index is 11.9. The summed E-state index contributed by atoms with van der Waals surface area (Å²) in [6.07, 6.45) is -0.341. The van der Waals surface area contributed by atoms with Crippen molar-refractivity contribution < 1.29 is 61.4 Å². The van der Waals surface area contributed by atoms with Crippen molar-refractivity contribution in [3.8, 4) is 0 Å². The SMILES string of the molecule is C=C1N=C(N)C=CN1[C@@H]1O[C@](C)(COP(=O)(O)OP(=O)(O)OP(=O)(O)O)[C@@H](O)[C@@]1(C)O. The number of nitrogens with two attached hydrogens (primary N) is 1. The Morgan fingerprint density at radius 1 is 1.23 bits per heavy atom. The number of aliphatic hydroxyl groups excluding tert-OH is 1. The fourth-order valence-electron chi connectivity index (χ4n) is 2.86. The van der Waals surface area contributed by atoms with E-state index in [0.29, 0.717) is 0 Å². The predicted octanol–water partition coefficient (Wildman–Crippen LogP) is -0.786. The van der Waals surface area contributed by atoms with Gasteiger partial charge in [0.2, 0.25) is 0 Å². The summed E-state index contributed by atoms with van der Waals surface area (Å²) < 4.78 is 51.4. The first-order chi connectivity index (χ1) is 13.8. The smallest absolute Gasteiger partial charge is 0.387 e. The Labute approximate surface area is 175 Å². The van der Waals surface area contributed by atoms with E-state index in [1.807, 2.05) is 0 Å². The Morgan fingerprint density at radius 2 is 1.81 bits per heavy atom. The minimum Gasteiger partial charge on any atom is -0.387 e. The Balaban J connectivity index is 2.15. The highest BCUT2D eigenvalue weighted by Crippen LogP contribution is 2.66. The second-order valence-electron chi connectivity index (χ2n) is 6.95. The lowest BCUT2D eigenvalue weighted by Gasteiger charge is -2.35. The molecule has 1 saturated heterocycles. The van der Waals surface area contributed by atoms with Gasteiger partial charge in [-0.1, -0.05) is 6.58 Å². The lowest BCUT2D eigenvalue weighted by molar-refractivity contribution is -0.130. The van der Waals surface area contributed by atoms with Gasteiger partial charge in [-0.05, 0) is 19.9 Å². The third-order valence-corrected chi connectivity index (χ3v) is 7.94. The standard InChI is InChI=1S/C12H22N3O13P3/c1-7-14-8(13)4-5-15(7)10-12(3,17)9(16)11(2,26-10)6-25-30(21,22)28-31(23,24)27-29(18,19)20/h4-5,9-10,16-17H,1,6H2,2-3H3,(H2,13,14)(H,21,22)(H,23,24)(H2,18,19,20)/t9-,10-,11-,12-/m1/s1. The largest absolute Gasteiger partial charge is 0.490 e. The highest BCUT2D eigenvalue weighted by Gasteiger charge is 2.61. The molecule has 178 valence electrons. The average Bonchev–Trinajstić information content (AvgIpc) is 2.71. The fraction of sp³-hybridized carbons (Fsp3) is 0.583. The lowest BCUT2D eigenvalue weighted by atomic mass is 9.89. The topological polar surface area (TPSA) is 251 Å². The van der Waals surface area contributed by atoms with E-state index in [1.54, 1.807) is 0 Å². The molecule has 0 bridgehead atoms. The molecule has 16 nitrogen and oxygen atoms in total. The first-order valence-electron chi connectivity index (χ1n) is 8.14. The van der Waals surface area contributed by atoms with Crippen molar-refractivity contribution in [3.05, 3.63) is 24.7 Å². The summed E-state index contributed by atoms with van der Waals surface area (Å²) in [5, 5.41) is 21.3. The van der Waals surface area contributed by atoms with Gasteiger partial charge in [0.15, 0.2) is 6.23 Å². The normalized spacial score (nSPS) is 35.5. The zero-order chi connectivity index (χ0) is 24.0.